The van der Waals surface area contributed by atoms with Crippen LogP contribution in [0.4, 0.5) is 5.95 Å². The van der Waals surface area contributed by atoms with Gasteiger partial charge in [0.2, 0.25) is 11.9 Å². The lowest BCUT2D eigenvalue weighted by Crippen LogP contribution is -2.34. The zero-order chi connectivity index (χ0) is 20.8. The van der Waals surface area contributed by atoms with E-state index in [1.54, 1.807) is 0 Å². The first-order valence-electron chi connectivity index (χ1n) is 10.6. The number of amides is 1. The lowest BCUT2D eigenvalue weighted by atomic mass is 10.0. The molecule has 1 aliphatic heterocycles. The molecule has 1 fully saturated rings. The number of benzene rings is 1. The van der Waals surface area contributed by atoms with Gasteiger partial charge in [0.25, 0.3) is 0 Å². The molecule has 1 aromatic heterocycles. The zero-order valence-corrected chi connectivity index (χ0v) is 18.8. The van der Waals surface area contributed by atoms with Gasteiger partial charge in [0.05, 0.1) is 11.4 Å². The Balaban J connectivity index is 1.70. The molecule has 0 saturated carbocycles. The molecule has 7 heteroatoms. The van der Waals surface area contributed by atoms with Crippen LogP contribution >= 0.6 is 11.8 Å². The molecular formula is C22H33N5OS. The highest BCUT2D eigenvalue weighted by Crippen LogP contribution is 2.28. The van der Waals surface area contributed by atoms with Crippen molar-refractivity contribution in [2.24, 2.45) is 5.92 Å². The Labute approximate surface area is 178 Å². The Hall–Kier alpha value is -2.02. The minimum atomic E-state index is 0.0486. The van der Waals surface area contributed by atoms with Crippen molar-refractivity contribution >= 4 is 23.6 Å². The predicted octanol–water partition coefficient (Wildman–Crippen LogP) is 4.21. The van der Waals surface area contributed by atoms with Gasteiger partial charge in [-0.1, -0.05) is 43.3 Å². The maximum absolute atomic E-state index is 12.4. The smallest absolute Gasteiger partial charge is 0.232 e. The fourth-order valence-electron chi connectivity index (χ4n) is 3.50. The van der Waals surface area contributed by atoms with E-state index in [0.29, 0.717) is 11.7 Å². The molecule has 1 aliphatic rings. The van der Waals surface area contributed by atoms with Crippen LogP contribution in [0, 0.1) is 12.8 Å². The third-order valence-corrected chi connectivity index (χ3v) is 6.14. The summed E-state index contributed by atoms with van der Waals surface area (Å²) in [5.74, 6) is 1.92. The lowest BCUT2D eigenvalue weighted by Gasteiger charge is -2.18. The largest absolute Gasteiger partial charge is 0.353 e. The number of carbonyl (C=O) groups excluding carboxylic acids is 1. The van der Waals surface area contributed by atoms with Crippen molar-refractivity contribution in [3.63, 3.8) is 0 Å². The van der Waals surface area contributed by atoms with Gasteiger partial charge in [-0.25, -0.2) is 0 Å². The van der Waals surface area contributed by atoms with Gasteiger partial charge < -0.3 is 10.2 Å². The summed E-state index contributed by atoms with van der Waals surface area (Å²) in [6, 6.07) is 8.58. The van der Waals surface area contributed by atoms with Crippen molar-refractivity contribution in [3.05, 3.63) is 29.8 Å². The number of nitrogens with zero attached hydrogens (tertiary/aromatic N) is 4. The second-order valence-corrected chi connectivity index (χ2v) is 9.32. The Bertz CT molecular complexity index is 796. The van der Waals surface area contributed by atoms with E-state index in [9.17, 15) is 4.79 Å². The molecule has 3 rings (SSSR count). The first-order valence-corrected chi connectivity index (χ1v) is 11.6. The average Bonchev–Trinajstić information content (AvgIpc) is 3.35. The van der Waals surface area contributed by atoms with Crippen LogP contribution in [-0.2, 0) is 4.79 Å². The molecular weight excluding hydrogens is 382 g/mol. The van der Waals surface area contributed by atoms with Crippen LogP contribution in [0.15, 0.2) is 29.4 Å². The first-order chi connectivity index (χ1) is 13.9. The highest BCUT2D eigenvalue weighted by atomic mass is 32.2. The normalized spacial score (nSPS) is 15.1. The summed E-state index contributed by atoms with van der Waals surface area (Å²) >= 11 is 1.45. The van der Waals surface area contributed by atoms with Crippen molar-refractivity contribution in [3.8, 4) is 5.69 Å². The number of hydrogen-bond acceptors (Lipinski definition) is 5. The van der Waals surface area contributed by atoms with Crippen molar-refractivity contribution in [1.29, 1.82) is 0 Å². The van der Waals surface area contributed by atoms with Crippen molar-refractivity contribution < 1.29 is 4.79 Å². The van der Waals surface area contributed by atoms with Crippen molar-refractivity contribution in [1.82, 2.24) is 20.1 Å². The molecule has 1 aromatic carbocycles. The van der Waals surface area contributed by atoms with E-state index < -0.39 is 0 Å². The van der Waals surface area contributed by atoms with Crippen LogP contribution in [0.25, 0.3) is 5.69 Å². The van der Waals surface area contributed by atoms with Gasteiger partial charge in [-0.05, 0) is 57.6 Å². The van der Waals surface area contributed by atoms with Crippen LogP contribution in [-0.4, -0.2) is 45.6 Å². The molecule has 1 amide bonds. The summed E-state index contributed by atoms with van der Waals surface area (Å²) in [6.07, 6.45) is 4.49. The van der Waals surface area contributed by atoms with Gasteiger partial charge in [0.1, 0.15) is 0 Å². The van der Waals surface area contributed by atoms with Gasteiger partial charge in [-0.2, -0.15) is 0 Å². The van der Waals surface area contributed by atoms with Crippen LogP contribution in [0.1, 0.15) is 52.0 Å². The molecule has 1 atom stereocenters. The van der Waals surface area contributed by atoms with Crippen LogP contribution in [0.3, 0.4) is 0 Å². The van der Waals surface area contributed by atoms with Gasteiger partial charge in [0.15, 0.2) is 5.16 Å². The predicted molar refractivity (Wildman–Crippen MR) is 120 cm³/mol. The topological polar surface area (TPSA) is 63.1 Å². The van der Waals surface area contributed by atoms with E-state index in [1.807, 2.05) is 0 Å². The van der Waals surface area contributed by atoms with Crippen LogP contribution in [0.2, 0.25) is 0 Å². The molecule has 0 radical (unpaired) electrons. The number of carbonyl (C=O) groups is 1. The number of anilines is 1. The van der Waals surface area contributed by atoms with E-state index >= 15 is 0 Å². The Kier molecular flexibility index (Phi) is 7.58. The molecule has 158 valence electrons. The number of thioether (sulfide) groups is 1. The summed E-state index contributed by atoms with van der Waals surface area (Å²) in [5.41, 5.74) is 2.25. The van der Waals surface area contributed by atoms with Crippen LogP contribution < -0.4 is 10.2 Å². The summed E-state index contributed by atoms with van der Waals surface area (Å²) in [7, 11) is 0. The Morgan fingerprint density at radius 1 is 1.10 bits per heavy atom. The molecule has 1 saturated heterocycles. The molecule has 6 nitrogen and oxygen atoms in total. The second-order valence-electron chi connectivity index (χ2n) is 8.38. The Morgan fingerprint density at radius 2 is 1.79 bits per heavy atom. The fraction of sp³-hybridized carbons (Fsp3) is 0.591. The number of rotatable bonds is 9. The first kappa shape index (κ1) is 21.7. The molecule has 2 heterocycles. The minimum Gasteiger partial charge on any atom is -0.353 e. The maximum Gasteiger partial charge on any atom is 0.232 e. The molecule has 1 unspecified atom stereocenters. The van der Waals surface area contributed by atoms with Gasteiger partial charge in [-0.15, -0.1) is 10.2 Å². The monoisotopic (exact) mass is 415 g/mol. The third-order valence-electron chi connectivity index (χ3n) is 5.21. The summed E-state index contributed by atoms with van der Waals surface area (Å²) in [4.78, 5) is 14.7. The second kappa shape index (κ2) is 10.1. The van der Waals surface area contributed by atoms with Crippen LogP contribution in [0.5, 0.6) is 0 Å². The molecule has 0 spiro atoms. The van der Waals surface area contributed by atoms with E-state index in [2.05, 4.69) is 76.9 Å². The third kappa shape index (κ3) is 5.98. The fourth-order valence-corrected chi connectivity index (χ4v) is 4.26. The quantitative estimate of drug-likeness (QED) is 0.622. The molecule has 0 bridgehead atoms. The number of aryl methyl sites for hydroxylation is 1. The highest BCUT2D eigenvalue weighted by molar-refractivity contribution is 7.99. The highest BCUT2D eigenvalue weighted by Gasteiger charge is 2.23. The minimum absolute atomic E-state index is 0.0486. The maximum atomic E-state index is 12.4. The zero-order valence-electron chi connectivity index (χ0n) is 18.0. The van der Waals surface area contributed by atoms with Crippen molar-refractivity contribution in [2.75, 3.05) is 23.7 Å². The molecule has 1 N–H and O–H groups in total. The molecule has 0 aliphatic carbocycles. The summed E-state index contributed by atoms with van der Waals surface area (Å²) in [6.45, 7) is 10.6. The average molecular weight is 416 g/mol. The standard InChI is InChI=1S/C22H33N5OS/c1-16(2)7-10-18(4)23-20(28)15-29-22-25-24-21(26-13-5-6-14-26)27(22)19-11-8-17(3)9-12-19/h8-9,11-12,16,18H,5-7,10,13-15H2,1-4H3,(H,23,28). The summed E-state index contributed by atoms with van der Waals surface area (Å²) < 4.78 is 2.09. The number of hydrogen-bond donors (Lipinski definition) is 1. The molecule has 2 aromatic rings. The van der Waals surface area contributed by atoms with E-state index in [4.69, 9.17) is 0 Å². The van der Waals surface area contributed by atoms with Gasteiger partial charge in [0, 0.05) is 19.1 Å². The van der Waals surface area contributed by atoms with E-state index in [-0.39, 0.29) is 11.9 Å². The summed E-state index contributed by atoms with van der Waals surface area (Å²) in [5, 5.41) is 12.8. The van der Waals surface area contributed by atoms with Gasteiger partial charge >= 0.3 is 0 Å². The molecule has 29 heavy (non-hydrogen) atoms. The number of aromatic nitrogens is 3. The number of nitrogens with one attached hydrogen (secondary N) is 1. The van der Waals surface area contributed by atoms with Gasteiger partial charge in [-0.3, -0.25) is 9.36 Å². The van der Waals surface area contributed by atoms with Crippen molar-refractivity contribution in [2.45, 2.75) is 64.6 Å². The van der Waals surface area contributed by atoms with E-state index in [1.165, 1.54) is 30.2 Å². The lowest BCUT2D eigenvalue weighted by molar-refractivity contribution is -0.119. The Morgan fingerprint density at radius 3 is 2.45 bits per heavy atom. The SMILES string of the molecule is Cc1ccc(-n2c(SCC(=O)NC(C)CCC(C)C)nnc2N2CCCC2)cc1. The van der Waals surface area contributed by atoms with E-state index in [0.717, 1.165) is 42.7 Å².